The molecule has 27 heavy (non-hydrogen) atoms. The monoisotopic (exact) mass is 375 g/mol. The molecule has 0 atom stereocenters. The number of hydrogen-bond acceptors (Lipinski definition) is 5. The van der Waals surface area contributed by atoms with E-state index in [1.54, 1.807) is 25.1 Å². The topological polar surface area (TPSA) is 111 Å². The Morgan fingerprint density at radius 2 is 1.56 bits per heavy atom. The summed E-state index contributed by atoms with van der Waals surface area (Å²) in [6.45, 7) is 4.66. The highest BCUT2D eigenvalue weighted by Crippen LogP contribution is 2.09. The lowest BCUT2D eigenvalue weighted by atomic mass is 10.1. The molecule has 1 rings (SSSR count). The molecule has 7 heteroatoms. The number of nitrogens with one attached hydrogen (secondary N) is 3. The Morgan fingerprint density at radius 3 is 2.15 bits per heavy atom. The van der Waals surface area contributed by atoms with Crippen molar-refractivity contribution in [2.24, 2.45) is 0 Å². The second-order valence-electron chi connectivity index (χ2n) is 6.29. The Labute approximate surface area is 160 Å². The Morgan fingerprint density at radius 1 is 0.963 bits per heavy atom. The Kier molecular flexibility index (Phi) is 10.3. The Hall–Kier alpha value is -2.80. The number of phenolic OH excluding ortho intramolecular Hbond substituents is 1. The first-order chi connectivity index (χ1) is 12.9. The normalized spacial score (nSPS) is 11.9. The number of benzene rings is 1. The molecule has 0 aliphatic heterocycles. The maximum absolute atomic E-state index is 11.7. The third-order valence-corrected chi connectivity index (χ3v) is 3.69. The van der Waals surface area contributed by atoms with Crippen LogP contribution in [-0.4, -0.2) is 48.2 Å². The van der Waals surface area contributed by atoms with Gasteiger partial charge in [-0.2, -0.15) is 0 Å². The molecule has 0 aromatic heterocycles. The molecule has 0 fully saturated rings. The third kappa shape index (κ3) is 11.4. The van der Waals surface area contributed by atoms with Crippen molar-refractivity contribution in [3.63, 3.8) is 0 Å². The first kappa shape index (κ1) is 22.2. The van der Waals surface area contributed by atoms with Gasteiger partial charge in [-0.05, 0) is 50.5 Å². The minimum atomic E-state index is -0.175. The maximum atomic E-state index is 11.7. The predicted molar refractivity (Wildman–Crippen MR) is 105 cm³/mol. The van der Waals surface area contributed by atoms with Crippen molar-refractivity contribution in [1.29, 1.82) is 0 Å². The van der Waals surface area contributed by atoms with Gasteiger partial charge in [0, 0.05) is 13.1 Å². The van der Waals surface area contributed by atoms with Crippen LogP contribution in [0.15, 0.2) is 47.7 Å². The number of aromatic hydroxyl groups is 1. The predicted octanol–water partition coefficient (Wildman–Crippen LogP) is 1.55. The highest BCUT2D eigenvalue weighted by molar-refractivity contribution is 5.81. The van der Waals surface area contributed by atoms with Crippen LogP contribution in [0.4, 0.5) is 0 Å². The minimum absolute atomic E-state index is 0.0719. The molecule has 0 bridgehead atoms. The number of carbonyl (C=O) groups excluding carboxylic acids is 2. The van der Waals surface area contributed by atoms with E-state index in [-0.39, 0.29) is 36.4 Å². The van der Waals surface area contributed by atoms with Gasteiger partial charge in [0.25, 0.3) is 0 Å². The third-order valence-electron chi connectivity index (χ3n) is 3.69. The zero-order valence-electron chi connectivity index (χ0n) is 15.9. The molecule has 0 spiro atoms. The lowest BCUT2D eigenvalue weighted by Gasteiger charge is -2.08. The number of rotatable bonds is 11. The summed E-state index contributed by atoms with van der Waals surface area (Å²) in [6, 6.07) is 6.84. The molecular weight excluding hydrogens is 346 g/mol. The smallest absolute Gasteiger partial charge is 0.233 e. The van der Waals surface area contributed by atoms with Crippen molar-refractivity contribution in [3.05, 3.63) is 53.3 Å². The molecule has 0 saturated carbocycles. The average molecular weight is 375 g/mol. The average Bonchev–Trinajstić information content (AvgIpc) is 2.61. The van der Waals surface area contributed by atoms with Gasteiger partial charge in [0.2, 0.25) is 11.8 Å². The quantitative estimate of drug-likeness (QED) is 0.298. The molecule has 0 heterocycles. The van der Waals surface area contributed by atoms with Crippen LogP contribution in [0.5, 0.6) is 5.75 Å². The van der Waals surface area contributed by atoms with E-state index in [2.05, 4.69) is 16.0 Å². The first-order valence-corrected chi connectivity index (χ1v) is 8.92. The molecule has 0 saturated heterocycles. The zero-order valence-corrected chi connectivity index (χ0v) is 15.9. The fourth-order valence-corrected chi connectivity index (χ4v) is 2.17. The first-order valence-electron chi connectivity index (χ1n) is 8.92. The summed E-state index contributed by atoms with van der Waals surface area (Å²) in [5, 5.41) is 26.6. The number of aliphatic hydroxyl groups is 1. The Bertz CT molecular complexity index is 662. The standard InChI is InChI=1S/C20H29N3O4/c1-15(3-4-16(2)24)9-11-22-19(26)13-21-14-20(27)23-12-10-17-5-7-18(25)8-6-17/h3-8,21,24-25H,9-14H2,1-2H3,(H,22,26)(H,23,27)/b15-3+,16-4+. The molecule has 2 amide bonds. The summed E-state index contributed by atoms with van der Waals surface area (Å²) >= 11 is 0. The second kappa shape index (κ2) is 12.5. The van der Waals surface area contributed by atoms with Gasteiger partial charge in [-0.15, -0.1) is 0 Å². The van der Waals surface area contributed by atoms with E-state index in [9.17, 15) is 14.7 Å². The zero-order chi connectivity index (χ0) is 20.1. The summed E-state index contributed by atoms with van der Waals surface area (Å²) < 4.78 is 0. The number of hydrogen-bond donors (Lipinski definition) is 5. The van der Waals surface area contributed by atoms with Crippen LogP contribution >= 0.6 is 0 Å². The van der Waals surface area contributed by atoms with Gasteiger partial charge in [0.05, 0.1) is 18.8 Å². The number of amides is 2. The minimum Gasteiger partial charge on any atom is -0.513 e. The Balaban J connectivity index is 2.09. The van der Waals surface area contributed by atoms with E-state index in [1.807, 2.05) is 25.1 Å². The van der Waals surface area contributed by atoms with E-state index in [0.29, 0.717) is 25.9 Å². The van der Waals surface area contributed by atoms with E-state index in [1.165, 1.54) is 0 Å². The van der Waals surface area contributed by atoms with Crippen LogP contribution in [0.25, 0.3) is 0 Å². The van der Waals surface area contributed by atoms with Crippen molar-refractivity contribution in [2.45, 2.75) is 26.7 Å². The summed E-state index contributed by atoms with van der Waals surface area (Å²) in [4.78, 5) is 23.4. The van der Waals surface area contributed by atoms with Gasteiger partial charge >= 0.3 is 0 Å². The van der Waals surface area contributed by atoms with Gasteiger partial charge in [0.1, 0.15) is 5.75 Å². The second-order valence-corrected chi connectivity index (χ2v) is 6.29. The molecule has 1 aromatic rings. The molecule has 0 unspecified atom stereocenters. The van der Waals surface area contributed by atoms with E-state index in [4.69, 9.17) is 5.11 Å². The fraction of sp³-hybridized carbons (Fsp3) is 0.400. The number of aliphatic hydroxyl groups excluding tert-OH is 1. The van der Waals surface area contributed by atoms with Crippen LogP contribution in [0.2, 0.25) is 0 Å². The number of allylic oxidation sites excluding steroid dienone is 3. The number of phenols is 1. The summed E-state index contributed by atoms with van der Waals surface area (Å²) in [5.74, 6) is 0.109. The van der Waals surface area contributed by atoms with Gasteiger partial charge in [-0.25, -0.2) is 0 Å². The largest absolute Gasteiger partial charge is 0.513 e. The van der Waals surface area contributed by atoms with Crippen molar-refractivity contribution in [2.75, 3.05) is 26.2 Å². The van der Waals surface area contributed by atoms with Gasteiger partial charge in [-0.1, -0.05) is 23.8 Å². The summed E-state index contributed by atoms with van der Waals surface area (Å²) in [7, 11) is 0. The van der Waals surface area contributed by atoms with E-state index >= 15 is 0 Å². The fourth-order valence-electron chi connectivity index (χ4n) is 2.17. The van der Waals surface area contributed by atoms with Crippen LogP contribution in [0.3, 0.4) is 0 Å². The van der Waals surface area contributed by atoms with Crippen molar-refractivity contribution >= 4 is 11.8 Å². The highest BCUT2D eigenvalue weighted by Gasteiger charge is 2.04. The highest BCUT2D eigenvalue weighted by atomic mass is 16.3. The van der Waals surface area contributed by atoms with E-state index < -0.39 is 0 Å². The molecule has 5 N–H and O–H groups in total. The van der Waals surface area contributed by atoms with Crippen LogP contribution < -0.4 is 16.0 Å². The lowest BCUT2D eigenvalue weighted by molar-refractivity contribution is -0.121. The molecule has 7 nitrogen and oxygen atoms in total. The maximum Gasteiger partial charge on any atom is 0.233 e. The van der Waals surface area contributed by atoms with E-state index in [0.717, 1.165) is 11.1 Å². The van der Waals surface area contributed by atoms with Crippen molar-refractivity contribution < 1.29 is 19.8 Å². The SMILES string of the molecule is C/C(O)=C\C=C(/C)CCNC(=O)CNCC(=O)NCCc1ccc(O)cc1. The number of carbonyl (C=O) groups is 2. The van der Waals surface area contributed by atoms with Crippen molar-refractivity contribution in [1.82, 2.24) is 16.0 Å². The molecule has 0 aliphatic carbocycles. The van der Waals surface area contributed by atoms with Gasteiger partial charge < -0.3 is 20.8 Å². The summed E-state index contributed by atoms with van der Waals surface area (Å²) in [6.07, 6.45) is 4.78. The molecule has 1 aromatic carbocycles. The lowest BCUT2D eigenvalue weighted by Crippen LogP contribution is -2.40. The van der Waals surface area contributed by atoms with Crippen molar-refractivity contribution in [3.8, 4) is 5.75 Å². The molecule has 148 valence electrons. The van der Waals surface area contributed by atoms with Gasteiger partial charge in [-0.3, -0.25) is 14.9 Å². The van der Waals surface area contributed by atoms with Crippen LogP contribution in [0, 0.1) is 0 Å². The summed E-state index contributed by atoms with van der Waals surface area (Å²) in [5.41, 5.74) is 2.07. The molecule has 0 radical (unpaired) electrons. The van der Waals surface area contributed by atoms with Crippen LogP contribution in [0.1, 0.15) is 25.8 Å². The van der Waals surface area contributed by atoms with Gasteiger partial charge in [0.15, 0.2) is 0 Å². The van der Waals surface area contributed by atoms with Crippen LogP contribution in [-0.2, 0) is 16.0 Å². The molecule has 0 aliphatic rings. The molecular formula is C20H29N3O4.